The zero-order chi connectivity index (χ0) is 24.4. The Bertz CT molecular complexity index is 1430. The van der Waals surface area contributed by atoms with Gasteiger partial charge in [0.1, 0.15) is 17.6 Å². The summed E-state index contributed by atoms with van der Waals surface area (Å²) in [6.07, 6.45) is 6.28. The fourth-order valence-corrected chi connectivity index (χ4v) is 3.92. The van der Waals surface area contributed by atoms with Gasteiger partial charge in [-0.15, -0.1) is 10.2 Å². The van der Waals surface area contributed by atoms with Crippen LogP contribution in [0.5, 0.6) is 5.75 Å². The van der Waals surface area contributed by atoms with Crippen LogP contribution in [0.3, 0.4) is 0 Å². The minimum Gasteiger partial charge on any atom is -0.497 e. The number of carbonyl (C=O) groups excluding carboxylic acids is 1. The van der Waals surface area contributed by atoms with Gasteiger partial charge in [0, 0.05) is 44.8 Å². The number of carbonyl (C=O) groups is 1. The van der Waals surface area contributed by atoms with Crippen LogP contribution in [0.4, 0.5) is 5.82 Å². The summed E-state index contributed by atoms with van der Waals surface area (Å²) in [5.41, 5.74) is -1.06. The quantitative estimate of drug-likeness (QED) is 0.442. The Morgan fingerprint density at radius 2 is 1.69 bits per heavy atom. The number of nitrogens with one attached hydrogen (secondary N) is 1. The van der Waals surface area contributed by atoms with Crippen molar-refractivity contribution in [1.82, 2.24) is 34.2 Å². The molecule has 0 radical (unpaired) electrons. The first-order valence-corrected chi connectivity index (χ1v) is 10.9. The van der Waals surface area contributed by atoms with Crippen molar-refractivity contribution in [1.29, 1.82) is 0 Å². The maximum Gasteiger partial charge on any atom is 0.333 e. The number of aromatic nitrogens is 6. The smallest absolute Gasteiger partial charge is 0.333 e. The van der Waals surface area contributed by atoms with Gasteiger partial charge in [0.2, 0.25) is 0 Å². The van der Waals surface area contributed by atoms with Gasteiger partial charge in [-0.1, -0.05) is 0 Å². The van der Waals surface area contributed by atoms with Crippen molar-refractivity contribution < 1.29 is 9.53 Å². The Kier molecular flexibility index (Phi) is 5.83. The van der Waals surface area contributed by atoms with Gasteiger partial charge < -0.3 is 19.5 Å². The minimum atomic E-state index is -0.674. The van der Waals surface area contributed by atoms with Crippen LogP contribution in [0.25, 0.3) is 11.5 Å². The Morgan fingerprint density at radius 3 is 2.31 bits per heavy atom. The Balaban J connectivity index is 1.30. The number of H-pyrrole nitrogens is 1. The Morgan fingerprint density at radius 1 is 0.971 bits per heavy atom. The van der Waals surface area contributed by atoms with E-state index < -0.39 is 17.2 Å². The molecule has 12 nitrogen and oxygen atoms in total. The summed E-state index contributed by atoms with van der Waals surface area (Å²) in [7, 11) is 1.52. The number of rotatable bonds is 5. The van der Waals surface area contributed by atoms with Gasteiger partial charge in [-0.2, -0.15) is 0 Å². The van der Waals surface area contributed by atoms with E-state index in [2.05, 4.69) is 20.2 Å². The molecule has 178 valence electrons. The first-order valence-electron chi connectivity index (χ1n) is 10.9. The van der Waals surface area contributed by atoms with Gasteiger partial charge in [0.05, 0.1) is 12.8 Å². The van der Waals surface area contributed by atoms with E-state index in [1.165, 1.54) is 13.3 Å². The third-order valence-corrected chi connectivity index (χ3v) is 5.83. The van der Waals surface area contributed by atoms with E-state index in [1.54, 1.807) is 52.5 Å². The predicted octanol–water partition coefficient (Wildman–Crippen LogP) is 0.473. The lowest BCUT2D eigenvalue weighted by Gasteiger charge is -2.35. The van der Waals surface area contributed by atoms with Crippen LogP contribution in [-0.2, 0) is 0 Å². The van der Waals surface area contributed by atoms with E-state index >= 15 is 0 Å². The highest BCUT2D eigenvalue weighted by Gasteiger charge is 2.26. The molecule has 5 rings (SSSR count). The number of piperazine rings is 1. The van der Waals surface area contributed by atoms with Crippen LogP contribution in [0, 0.1) is 0 Å². The number of hydrogen-bond donors (Lipinski definition) is 1. The van der Waals surface area contributed by atoms with Gasteiger partial charge in [-0.05, 0) is 36.4 Å². The van der Waals surface area contributed by atoms with E-state index in [0.717, 1.165) is 4.57 Å². The van der Waals surface area contributed by atoms with Gasteiger partial charge in [0.25, 0.3) is 11.5 Å². The lowest BCUT2D eigenvalue weighted by molar-refractivity contribution is 0.0743. The summed E-state index contributed by atoms with van der Waals surface area (Å²) in [4.78, 5) is 48.7. The van der Waals surface area contributed by atoms with Gasteiger partial charge >= 0.3 is 5.69 Å². The Hall–Kier alpha value is -4.74. The summed E-state index contributed by atoms with van der Waals surface area (Å²) in [6, 6.07) is 10.2. The first-order chi connectivity index (χ1) is 17.0. The predicted molar refractivity (Wildman–Crippen MR) is 126 cm³/mol. The fraction of sp³-hybridized carbons (Fsp3) is 0.217. The molecule has 1 amide bonds. The number of nitrogens with zero attached hydrogens (tertiary/aromatic N) is 7. The molecule has 0 atom stereocenters. The zero-order valence-electron chi connectivity index (χ0n) is 18.9. The molecule has 12 heteroatoms. The van der Waals surface area contributed by atoms with Crippen molar-refractivity contribution >= 4 is 11.7 Å². The minimum absolute atomic E-state index is 0.0988. The van der Waals surface area contributed by atoms with E-state index in [-0.39, 0.29) is 5.56 Å². The van der Waals surface area contributed by atoms with Crippen LogP contribution < -0.4 is 20.9 Å². The molecule has 3 aromatic heterocycles. The number of imidazole rings is 1. The normalized spacial score (nSPS) is 13.6. The fourth-order valence-electron chi connectivity index (χ4n) is 3.92. The van der Waals surface area contributed by atoms with E-state index in [4.69, 9.17) is 4.74 Å². The molecule has 1 N–H and O–H groups in total. The summed E-state index contributed by atoms with van der Waals surface area (Å²) in [6.45, 7) is 1.84. The molecule has 35 heavy (non-hydrogen) atoms. The van der Waals surface area contributed by atoms with Gasteiger partial charge in [-0.25, -0.2) is 14.3 Å². The Labute approximate surface area is 199 Å². The number of hydrogen-bond acceptors (Lipinski definition) is 8. The van der Waals surface area contributed by atoms with Crippen LogP contribution in [-0.4, -0.2) is 73.4 Å². The molecule has 0 spiro atoms. The number of methoxy groups -OCH3 is 1. The topological polar surface area (TPSA) is 131 Å². The number of anilines is 1. The molecule has 1 fully saturated rings. The third kappa shape index (κ3) is 4.28. The highest BCUT2D eigenvalue weighted by atomic mass is 16.5. The highest BCUT2D eigenvalue weighted by Crippen LogP contribution is 2.16. The van der Waals surface area contributed by atoms with Crippen molar-refractivity contribution in [3.63, 3.8) is 0 Å². The molecule has 1 aliphatic rings. The summed E-state index contributed by atoms with van der Waals surface area (Å²) < 4.78 is 7.83. The molecule has 4 heterocycles. The molecule has 1 saturated heterocycles. The highest BCUT2D eigenvalue weighted by molar-refractivity contribution is 5.93. The lowest BCUT2D eigenvalue weighted by atomic mass is 10.2. The van der Waals surface area contributed by atoms with Gasteiger partial charge in [0.15, 0.2) is 11.6 Å². The number of aromatic amines is 1. The molecule has 0 aliphatic carbocycles. The summed E-state index contributed by atoms with van der Waals surface area (Å²) in [5.74, 6) is 1.51. The molecule has 0 bridgehead atoms. The number of ether oxygens (including phenoxy) is 1. The SMILES string of the molecule is COc1ccc(-n2c(=O)[nH]cc(C(=O)N3CCN(c4ccc(-n5ccnc5)nn4)CC3)c2=O)cc1. The van der Waals surface area contributed by atoms with Crippen LogP contribution in [0.15, 0.2) is 70.9 Å². The largest absolute Gasteiger partial charge is 0.497 e. The molecule has 1 aromatic carbocycles. The van der Waals surface area contributed by atoms with E-state index in [0.29, 0.717) is 49.3 Å². The second kappa shape index (κ2) is 9.25. The summed E-state index contributed by atoms with van der Waals surface area (Å²) in [5, 5.41) is 8.52. The van der Waals surface area contributed by atoms with Crippen LogP contribution in [0.2, 0.25) is 0 Å². The van der Waals surface area contributed by atoms with E-state index in [1.807, 2.05) is 17.0 Å². The zero-order valence-corrected chi connectivity index (χ0v) is 18.9. The standard InChI is InChI=1S/C23H22N8O4/c1-35-17-4-2-16(3-5-17)31-22(33)18(14-25-23(31)34)21(32)29-12-10-28(11-13-29)19-6-7-20(27-26-19)30-9-8-24-15-30/h2-9,14-15H,10-13H2,1H3,(H,25,34). The third-order valence-electron chi connectivity index (χ3n) is 5.83. The first kappa shape index (κ1) is 22.1. The van der Waals surface area contributed by atoms with Crippen molar-refractivity contribution in [2.75, 3.05) is 38.2 Å². The van der Waals surface area contributed by atoms with Crippen LogP contribution >= 0.6 is 0 Å². The monoisotopic (exact) mass is 474 g/mol. The lowest BCUT2D eigenvalue weighted by Crippen LogP contribution is -2.50. The van der Waals surface area contributed by atoms with Gasteiger partial charge in [-0.3, -0.25) is 14.2 Å². The molecule has 4 aromatic rings. The maximum atomic E-state index is 13.2. The second-order valence-electron chi connectivity index (χ2n) is 7.85. The van der Waals surface area contributed by atoms with E-state index in [9.17, 15) is 14.4 Å². The van der Waals surface area contributed by atoms with Crippen molar-refractivity contribution in [2.45, 2.75) is 0 Å². The van der Waals surface area contributed by atoms with Crippen molar-refractivity contribution in [3.8, 4) is 17.3 Å². The molecule has 0 unspecified atom stereocenters. The maximum absolute atomic E-state index is 13.2. The molecular weight excluding hydrogens is 452 g/mol. The molecule has 0 saturated carbocycles. The number of amides is 1. The number of benzene rings is 1. The molecular formula is C23H22N8O4. The van der Waals surface area contributed by atoms with Crippen molar-refractivity contribution in [3.05, 3.63) is 87.7 Å². The second-order valence-corrected chi connectivity index (χ2v) is 7.85. The van der Waals surface area contributed by atoms with Crippen molar-refractivity contribution in [2.24, 2.45) is 0 Å². The average molecular weight is 474 g/mol. The van der Waals surface area contributed by atoms with Crippen LogP contribution in [0.1, 0.15) is 10.4 Å². The average Bonchev–Trinajstić information content (AvgIpc) is 3.44. The summed E-state index contributed by atoms with van der Waals surface area (Å²) >= 11 is 0. The molecule has 1 aliphatic heterocycles.